The standard InChI is InChI=1S/C13H18FNO3S/c1-3-18-13(16)12(15)8-19-7-9-4-5-10(17-2)6-11(9)14/h4-6,12H,3,7-8,15H2,1-2H3. The van der Waals surface area contributed by atoms with Crippen LogP contribution in [0.2, 0.25) is 0 Å². The first kappa shape index (κ1) is 15.8. The third kappa shape index (κ3) is 5.08. The minimum atomic E-state index is -0.675. The Kier molecular flexibility index (Phi) is 6.66. The van der Waals surface area contributed by atoms with Gasteiger partial charge in [0.2, 0.25) is 0 Å². The summed E-state index contributed by atoms with van der Waals surface area (Å²) in [6.45, 7) is 2.04. The predicted molar refractivity (Wildman–Crippen MR) is 73.7 cm³/mol. The van der Waals surface area contributed by atoms with Gasteiger partial charge in [-0.2, -0.15) is 11.8 Å². The van der Waals surface area contributed by atoms with Crippen LogP contribution in [-0.2, 0) is 15.3 Å². The zero-order valence-corrected chi connectivity index (χ0v) is 11.8. The lowest BCUT2D eigenvalue weighted by Gasteiger charge is -2.10. The number of carbonyl (C=O) groups excluding carboxylic acids is 1. The van der Waals surface area contributed by atoms with E-state index < -0.39 is 12.0 Å². The maximum Gasteiger partial charge on any atom is 0.323 e. The average molecular weight is 287 g/mol. The molecule has 1 rings (SSSR count). The van der Waals surface area contributed by atoms with Gasteiger partial charge in [-0.15, -0.1) is 0 Å². The quantitative estimate of drug-likeness (QED) is 0.777. The van der Waals surface area contributed by atoms with Crippen molar-refractivity contribution in [2.75, 3.05) is 19.5 Å². The van der Waals surface area contributed by atoms with Crippen molar-refractivity contribution in [2.45, 2.75) is 18.7 Å². The minimum Gasteiger partial charge on any atom is -0.497 e. The molecular formula is C13H18FNO3S. The number of ether oxygens (including phenoxy) is 2. The smallest absolute Gasteiger partial charge is 0.323 e. The molecule has 1 atom stereocenters. The van der Waals surface area contributed by atoms with E-state index in [0.29, 0.717) is 29.4 Å². The van der Waals surface area contributed by atoms with E-state index in [4.69, 9.17) is 15.2 Å². The number of nitrogens with two attached hydrogens (primary N) is 1. The Labute approximate surface area is 116 Å². The van der Waals surface area contributed by atoms with Gasteiger partial charge in [-0.05, 0) is 18.6 Å². The van der Waals surface area contributed by atoms with Gasteiger partial charge in [0, 0.05) is 17.6 Å². The van der Waals surface area contributed by atoms with E-state index in [1.165, 1.54) is 24.9 Å². The molecule has 0 spiro atoms. The van der Waals surface area contributed by atoms with Gasteiger partial charge in [-0.25, -0.2) is 4.39 Å². The van der Waals surface area contributed by atoms with Crippen LogP contribution in [0.5, 0.6) is 5.75 Å². The number of methoxy groups -OCH3 is 1. The lowest BCUT2D eigenvalue weighted by atomic mass is 10.2. The molecule has 2 N–H and O–H groups in total. The number of thioether (sulfide) groups is 1. The highest BCUT2D eigenvalue weighted by Crippen LogP contribution is 2.20. The molecule has 1 unspecified atom stereocenters. The molecule has 0 saturated heterocycles. The zero-order valence-electron chi connectivity index (χ0n) is 11.0. The van der Waals surface area contributed by atoms with Crippen LogP contribution in [-0.4, -0.2) is 31.5 Å². The number of halogens is 1. The first-order valence-electron chi connectivity index (χ1n) is 5.90. The normalized spacial score (nSPS) is 12.0. The molecule has 0 fully saturated rings. The topological polar surface area (TPSA) is 61.5 Å². The van der Waals surface area contributed by atoms with Gasteiger partial charge < -0.3 is 15.2 Å². The van der Waals surface area contributed by atoms with Gasteiger partial charge in [0.05, 0.1) is 13.7 Å². The summed E-state index contributed by atoms with van der Waals surface area (Å²) in [5.41, 5.74) is 6.20. The molecule has 0 aliphatic rings. The van der Waals surface area contributed by atoms with Crippen molar-refractivity contribution in [3.63, 3.8) is 0 Å². The molecular weight excluding hydrogens is 269 g/mol. The van der Waals surface area contributed by atoms with Crippen molar-refractivity contribution in [2.24, 2.45) is 5.73 Å². The van der Waals surface area contributed by atoms with Crippen LogP contribution >= 0.6 is 11.8 Å². The van der Waals surface area contributed by atoms with Crippen LogP contribution in [0.4, 0.5) is 4.39 Å². The van der Waals surface area contributed by atoms with Crippen molar-refractivity contribution in [1.29, 1.82) is 0 Å². The third-order valence-electron chi connectivity index (χ3n) is 2.40. The van der Waals surface area contributed by atoms with E-state index in [0.717, 1.165) is 0 Å². The molecule has 1 aromatic rings. The summed E-state index contributed by atoms with van der Waals surface area (Å²) < 4.78 is 23.3. The summed E-state index contributed by atoms with van der Waals surface area (Å²) in [5.74, 6) is 0.573. The van der Waals surface area contributed by atoms with Gasteiger partial charge in [0.1, 0.15) is 17.6 Å². The molecule has 106 valence electrons. The van der Waals surface area contributed by atoms with Crippen LogP contribution in [0.25, 0.3) is 0 Å². The molecule has 0 radical (unpaired) electrons. The summed E-state index contributed by atoms with van der Waals surface area (Å²) in [5, 5.41) is 0. The first-order valence-corrected chi connectivity index (χ1v) is 7.06. The first-order chi connectivity index (χ1) is 9.08. The maximum atomic E-state index is 13.6. The van der Waals surface area contributed by atoms with Gasteiger partial charge in [0.15, 0.2) is 0 Å². The van der Waals surface area contributed by atoms with Crippen molar-refractivity contribution in [1.82, 2.24) is 0 Å². The lowest BCUT2D eigenvalue weighted by molar-refractivity contribution is -0.144. The molecule has 0 aliphatic carbocycles. The van der Waals surface area contributed by atoms with Crippen molar-refractivity contribution >= 4 is 17.7 Å². The zero-order chi connectivity index (χ0) is 14.3. The number of hydrogen-bond acceptors (Lipinski definition) is 5. The fourth-order valence-corrected chi connectivity index (χ4v) is 2.35. The number of carbonyl (C=O) groups is 1. The number of esters is 1. The Morgan fingerprint density at radius 2 is 2.26 bits per heavy atom. The molecule has 0 aliphatic heterocycles. The van der Waals surface area contributed by atoms with Crippen LogP contribution < -0.4 is 10.5 Å². The Bertz CT molecular complexity index is 428. The molecule has 0 bridgehead atoms. The van der Waals surface area contributed by atoms with Crippen LogP contribution in [0.15, 0.2) is 18.2 Å². The summed E-state index contributed by atoms with van der Waals surface area (Å²) in [6, 6.07) is 4.02. The van der Waals surface area contributed by atoms with E-state index in [-0.39, 0.29) is 5.82 Å². The summed E-state index contributed by atoms with van der Waals surface area (Å²) in [4.78, 5) is 11.3. The Balaban J connectivity index is 2.43. The number of hydrogen-bond donors (Lipinski definition) is 1. The maximum absolute atomic E-state index is 13.6. The van der Waals surface area contributed by atoms with Crippen molar-refractivity contribution < 1.29 is 18.7 Å². The average Bonchev–Trinajstić information content (AvgIpc) is 2.40. The Morgan fingerprint density at radius 1 is 1.53 bits per heavy atom. The van der Waals surface area contributed by atoms with Crippen molar-refractivity contribution in [3.8, 4) is 5.75 Å². The number of benzene rings is 1. The number of rotatable bonds is 7. The van der Waals surface area contributed by atoms with E-state index >= 15 is 0 Å². The SMILES string of the molecule is CCOC(=O)C(N)CSCc1ccc(OC)cc1F. The molecule has 1 aromatic carbocycles. The summed E-state index contributed by atoms with van der Waals surface area (Å²) in [7, 11) is 1.49. The highest BCUT2D eigenvalue weighted by molar-refractivity contribution is 7.98. The molecule has 19 heavy (non-hydrogen) atoms. The lowest BCUT2D eigenvalue weighted by Crippen LogP contribution is -2.34. The van der Waals surface area contributed by atoms with Crippen LogP contribution in [0, 0.1) is 5.82 Å². The van der Waals surface area contributed by atoms with Gasteiger partial charge >= 0.3 is 5.97 Å². The largest absolute Gasteiger partial charge is 0.497 e. The van der Waals surface area contributed by atoms with Gasteiger partial charge in [0.25, 0.3) is 0 Å². The highest BCUT2D eigenvalue weighted by atomic mass is 32.2. The monoisotopic (exact) mass is 287 g/mol. The fourth-order valence-electron chi connectivity index (χ4n) is 1.39. The predicted octanol–water partition coefficient (Wildman–Crippen LogP) is 1.96. The second kappa shape index (κ2) is 8.01. The van der Waals surface area contributed by atoms with Crippen molar-refractivity contribution in [3.05, 3.63) is 29.6 Å². The highest BCUT2D eigenvalue weighted by Gasteiger charge is 2.14. The van der Waals surface area contributed by atoms with E-state index in [1.54, 1.807) is 19.1 Å². The Hall–Kier alpha value is -1.27. The summed E-state index contributed by atoms with van der Waals surface area (Å²) in [6.07, 6.45) is 0. The van der Waals surface area contributed by atoms with Gasteiger partial charge in [-0.3, -0.25) is 4.79 Å². The van der Waals surface area contributed by atoms with Crippen LogP contribution in [0.1, 0.15) is 12.5 Å². The molecule has 0 amide bonds. The minimum absolute atomic E-state index is 0.310. The van der Waals surface area contributed by atoms with E-state index in [9.17, 15) is 9.18 Å². The molecule has 0 aromatic heterocycles. The second-order valence-corrected chi connectivity index (χ2v) is 4.86. The van der Waals surface area contributed by atoms with Crippen LogP contribution in [0.3, 0.4) is 0 Å². The third-order valence-corrected chi connectivity index (χ3v) is 3.51. The Morgan fingerprint density at radius 3 is 2.84 bits per heavy atom. The fraction of sp³-hybridized carbons (Fsp3) is 0.462. The van der Waals surface area contributed by atoms with Gasteiger partial charge in [-0.1, -0.05) is 6.07 Å². The van der Waals surface area contributed by atoms with E-state index in [1.807, 2.05) is 0 Å². The molecule has 6 heteroatoms. The summed E-state index contributed by atoms with van der Waals surface area (Å²) >= 11 is 1.39. The van der Waals surface area contributed by atoms with E-state index in [2.05, 4.69) is 0 Å². The molecule has 4 nitrogen and oxygen atoms in total. The molecule has 0 saturated carbocycles. The molecule has 0 heterocycles. The second-order valence-electron chi connectivity index (χ2n) is 3.83.